The molecule has 1 heterocycles. The molecule has 3 aromatic rings. The Morgan fingerprint density at radius 3 is 2.56 bits per heavy atom. The number of nitrogens with zero attached hydrogens (tertiary/aromatic N) is 2. The van der Waals surface area contributed by atoms with Gasteiger partial charge in [0, 0.05) is 30.4 Å². The zero-order valence-corrected chi connectivity index (χ0v) is 18.7. The Labute approximate surface area is 188 Å². The second kappa shape index (κ2) is 10.5. The highest BCUT2D eigenvalue weighted by Gasteiger charge is 2.16. The average Bonchev–Trinajstić information content (AvgIpc) is 3.22. The summed E-state index contributed by atoms with van der Waals surface area (Å²) in [6.07, 6.45) is 8.56. The first-order chi connectivity index (χ1) is 15.5. The molecule has 0 unspecified atom stereocenters. The minimum atomic E-state index is -0.290. The number of anilines is 1. The zero-order chi connectivity index (χ0) is 23.1. The fourth-order valence-corrected chi connectivity index (χ4v) is 3.58. The molecule has 3 rings (SSSR count). The third-order valence-corrected chi connectivity index (χ3v) is 5.16. The van der Waals surface area contributed by atoms with Crippen LogP contribution in [0.2, 0.25) is 0 Å². The van der Waals surface area contributed by atoms with Gasteiger partial charge in [-0.15, -0.1) is 0 Å². The van der Waals surface area contributed by atoms with Gasteiger partial charge in [0.05, 0.1) is 23.3 Å². The summed E-state index contributed by atoms with van der Waals surface area (Å²) < 4.78 is 15.1. The lowest BCUT2D eigenvalue weighted by Gasteiger charge is -2.16. The van der Waals surface area contributed by atoms with Gasteiger partial charge >= 0.3 is 0 Å². The van der Waals surface area contributed by atoms with Crippen molar-refractivity contribution in [1.82, 2.24) is 15.1 Å². The van der Waals surface area contributed by atoms with Gasteiger partial charge < -0.3 is 15.7 Å². The molecule has 0 aliphatic heterocycles. The summed E-state index contributed by atoms with van der Waals surface area (Å²) in [6, 6.07) is 11.8. The molecule has 0 fully saturated rings. The van der Waals surface area contributed by atoms with Crippen molar-refractivity contribution in [2.24, 2.45) is 0 Å². The number of hydrogen-bond donors (Lipinski definition) is 3. The lowest BCUT2D eigenvalue weighted by Crippen LogP contribution is -2.15. The van der Waals surface area contributed by atoms with Crippen molar-refractivity contribution in [2.75, 3.05) is 12.4 Å². The summed E-state index contributed by atoms with van der Waals surface area (Å²) in [6.45, 7) is 8.59. The van der Waals surface area contributed by atoms with Gasteiger partial charge in [0.15, 0.2) is 0 Å². The first kappa shape index (κ1) is 22.9. The van der Waals surface area contributed by atoms with Gasteiger partial charge in [-0.25, -0.2) is 9.07 Å². The third kappa shape index (κ3) is 4.91. The first-order valence-corrected chi connectivity index (χ1v) is 10.6. The maximum atomic E-state index is 13.4. The molecule has 3 N–H and O–H groups in total. The van der Waals surface area contributed by atoms with Crippen LogP contribution in [-0.4, -0.2) is 21.9 Å². The van der Waals surface area contributed by atoms with Crippen LogP contribution in [0.5, 0.6) is 5.75 Å². The van der Waals surface area contributed by atoms with Crippen LogP contribution >= 0.6 is 0 Å². The number of halogens is 1. The molecule has 0 radical (unpaired) electrons. The molecule has 2 aromatic carbocycles. The minimum Gasteiger partial charge on any atom is -0.506 e. The molecule has 5 nitrogen and oxygen atoms in total. The van der Waals surface area contributed by atoms with E-state index < -0.39 is 0 Å². The van der Waals surface area contributed by atoms with E-state index >= 15 is 0 Å². The van der Waals surface area contributed by atoms with Crippen molar-refractivity contribution in [3.8, 4) is 11.4 Å². The fourth-order valence-electron chi connectivity index (χ4n) is 3.58. The number of phenols is 1. The molecular weight excluding hydrogens is 403 g/mol. The molecule has 0 bridgehead atoms. The summed E-state index contributed by atoms with van der Waals surface area (Å²) in [7, 11) is 1.77. The van der Waals surface area contributed by atoms with Crippen LogP contribution in [0.4, 0.5) is 10.1 Å². The van der Waals surface area contributed by atoms with E-state index in [0.29, 0.717) is 12.2 Å². The lowest BCUT2D eigenvalue weighted by molar-refractivity contribution is 0.476. The molecule has 0 atom stereocenters. The maximum Gasteiger partial charge on any atom is 0.138 e. The minimum absolute atomic E-state index is 0.216. The second-order valence-electron chi connectivity index (χ2n) is 7.22. The van der Waals surface area contributed by atoms with Gasteiger partial charge in [-0.1, -0.05) is 31.7 Å². The predicted molar refractivity (Wildman–Crippen MR) is 130 cm³/mol. The quantitative estimate of drug-likeness (QED) is 0.291. The molecule has 166 valence electrons. The Kier molecular flexibility index (Phi) is 7.49. The van der Waals surface area contributed by atoms with Crippen molar-refractivity contribution in [1.29, 1.82) is 0 Å². The highest BCUT2D eigenvalue weighted by molar-refractivity contribution is 5.82. The van der Waals surface area contributed by atoms with E-state index in [2.05, 4.69) is 35.3 Å². The monoisotopic (exact) mass is 432 g/mol. The van der Waals surface area contributed by atoms with E-state index in [0.717, 1.165) is 40.2 Å². The normalized spacial score (nSPS) is 12.0. The van der Waals surface area contributed by atoms with Crippen LogP contribution in [0.25, 0.3) is 17.3 Å². The Hall–Kier alpha value is -3.80. The molecular formula is C26H29FN4O. The summed E-state index contributed by atoms with van der Waals surface area (Å²) in [4.78, 5) is 0. The summed E-state index contributed by atoms with van der Waals surface area (Å²) in [5.41, 5.74) is 6.12. The smallest absolute Gasteiger partial charge is 0.138 e. The highest BCUT2D eigenvalue weighted by atomic mass is 19.1. The summed E-state index contributed by atoms with van der Waals surface area (Å²) in [5, 5.41) is 21.1. The molecule has 0 aliphatic carbocycles. The van der Waals surface area contributed by atoms with E-state index in [9.17, 15) is 9.50 Å². The van der Waals surface area contributed by atoms with Gasteiger partial charge in [-0.2, -0.15) is 5.10 Å². The van der Waals surface area contributed by atoms with Gasteiger partial charge in [0.1, 0.15) is 11.6 Å². The molecule has 1 aromatic heterocycles. The molecule has 0 aliphatic rings. The Morgan fingerprint density at radius 2 is 1.97 bits per heavy atom. The van der Waals surface area contributed by atoms with Crippen LogP contribution in [0.1, 0.15) is 37.1 Å². The lowest BCUT2D eigenvalue weighted by atomic mass is 10.0. The fraction of sp³-hybridized carbons (Fsp3) is 0.192. The molecule has 0 saturated carbocycles. The van der Waals surface area contributed by atoms with Crippen molar-refractivity contribution >= 4 is 17.3 Å². The Balaban J connectivity index is 1.91. The largest absolute Gasteiger partial charge is 0.506 e. The van der Waals surface area contributed by atoms with E-state index in [4.69, 9.17) is 0 Å². The number of rotatable bonds is 9. The van der Waals surface area contributed by atoms with Crippen LogP contribution in [0.3, 0.4) is 0 Å². The Morgan fingerprint density at radius 1 is 1.22 bits per heavy atom. The van der Waals surface area contributed by atoms with Crippen LogP contribution < -0.4 is 10.6 Å². The van der Waals surface area contributed by atoms with Crippen molar-refractivity contribution in [3.63, 3.8) is 0 Å². The first-order valence-electron chi connectivity index (χ1n) is 10.6. The highest BCUT2D eigenvalue weighted by Crippen LogP contribution is 2.29. The predicted octanol–water partition coefficient (Wildman–Crippen LogP) is 5.89. The zero-order valence-electron chi connectivity index (χ0n) is 18.7. The van der Waals surface area contributed by atoms with E-state index in [-0.39, 0.29) is 11.6 Å². The van der Waals surface area contributed by atoms with E-state index in [1.165, 1.54) is 12.1 Å². The number of phenolic OH excluding ortho intramolecular Hbond substituents is 1. The topological polar surface area (TPSA) is 62.1 Å². The number of benzene rings is 2. The second-order valence-corrected chi connectivity index (χ2v) is 7.22. The molecule has 0 saturated heterocycles. The SMILES string of the molecule is C=Cc1c(C(=C\C)/C(=C\CC)NCc2ccc(NC)c(O)c2)cnn1-c1ccc(F)cc1. The van der Waals surface area contributed by atoms with Crippen LogP contribution in [0.15, 0.2) is 73.1 Å². The van der Waals surface area contributed by atoms with Gasteiger partial charge in [0.25, 0.3) is 0 Å². The van der Waals surface area contributed by atoms with Crippen molar-refractivity contribution in [3.05, 3.63) is 95.7 Å². The number of allylic oxidation sites excluding steroid dienone is 3. The van der Waals surface area contributed by atoms with Gasteiger partial charge in [-0.3, -0.25) is 0 Å². The van der Waals surface area contributed by atoms with Gasteiger partial charge in [0.2, 0.25) is 0 Å². The standard InChI is InChI=1S/C26H29FN4O/c1-5-8-23(29-16-18-9-14-24(28-4)26(32)15-18)21(6-2)22-17-30-31(25(22)7-3)20-12-10-19(27)11-13-20/h6-15,17,28-29,32H,3,5,16H2,1-2,4H3/b21-6+,23-8+. The molecule has 0 spiro atoms. The number of nitrogens with one attached hydrogen (secondary N) is 2. The third-order valence-electron chi connectivity index (χ3n) is 5.16. The molecule has 0 amide bonds. The van der Waals surface area contributed by atoms with E-state index in [1.807, 2.05) is 25.1 Å². The number of hydrogen-bond acceptors (Lipinski definition) is 4. The summed E-state index contributed by atoms with van der Waals surface area (Å²) in [5.74, 6) is -0.0739. The molecule has 32 heavy (non-hydrogen) atoms. The average molecular weight is 433 g/mol. The van der Waals surface area contributed by atoms with E-state index in [1.54, 1.807) is 42.2 Å². The number of aromatic hydroxyl groups is 1. The van der Waals surface area contributed by atoms with Crippen molar-refractivity contribution < 1.29 is 9.50 Å². The maximum absolute atomic E-state index is 13.4. The number of aromatic nitrogens is 2. The van der Waals surface area contributed by atoms with Crippen LogP contribution in [-0.2, 0) is 6.54 Å². The van der Waals surface area contributed by atoms with Gasteiger partial charge in [-0.05, 0) is 61.4 Å². The summed E-state index contributed by atoms with van der Waals surface area (Å²) >= 11 is 0. The Bertz CT molecular complexity index is 1140. The molecule has 6 heteroatoms. The van der Waals surface area contributed by atoms with Crippen LogP contribution in [0, 0.1) is 5.82 Å². The van der Waals surface area contributed by atoms with Crippen molar-refractivity contribution in [2.45, 2.75) is 26.8 Å².